The maximum absolute atomic E-state index is 13.8. The second-order valence-corrected chi connectivity index (χ2v) is 7.45. The number of amides is 2. The lowest BCUT2D eigenvalue weighted by atomic mass is 10.0. The van der Waals surface area contributed by atoms with Crippen molar-refractivity contribution < 1.29 is 18.7 Å². The third-order valence-electron chi connectivity index (χ3n) is 3.88. The van der Waals surface area contributed by atoms with Crippen LogP contribution in [-0.2, 0) is 9.53 Å². The summed E-state index contributed by atoms with van der Waals surface area (Å²) in [5, 5.41) is 0. The molecular formula is C16H25FN4O3. The Kier molecular flexibility index (Phi) is 4.96. The van der Waals surface area contributed by atoms with Gasteiger partial charge in [-0.1, -0.05) is 13.8 Å². The van der Waals surface area contributed by atoms with E-state index in [0.29, 0.717) is 13.1 Å². The first-order chi connectivity index (χ1) is 11.0. The minimum atomic E-state index is -1.75. The predicted molar refractivity (Wildman–Crippen MR) is 89.0 cm³/mol. The van der Waals surface area contributed by atoms with Gasteiger partial charge in [-0.2, -0.15) is 4.99 Å². The number of hydrogen-bond acceptors (Lipinski definition) is 5. The van der Waals surface area contributed by atoms with E-state index >= 15 is 0 Å². The fraction of sp³-hybridized carbons (Fsp3) is 0.750. The average molecular weight is 340 g/mol. The lowest BCUT2D eigenvalue weighted by molar-refractivity contribution is -0.120. The van der Waals surface area contributed by atoms with E-state index in [1.165, 1.54) is 4.90 Å². The Morgan fingerprint density at radius 3 is 2.42 bits per heavy atom. The van der Waals surface area contributed by atoms with E-state index in [1.807, 2.05) is 20.8 Å². The first-order valence-corrected chi connectivity index (χ1v) is 8.05. The molecule has 134 valence electrons. The van der Waals surface area contributed by atoms with Crippen LogP contribution in [0.15, 0.2) is 9.98 Å². The van der Waals surface area contributed by atoms with Gasteiger partial charge in [0.15, 0.2) is 0 Å². The molecule has 2 heterocycles. The summed E-state index contributed by atoms with van der Waals surface area (Å²) in [6, 6.07) is -0.0570. The second kappa shape index (κ2) is 6.49. The molecule has 0 aromatic carbocycles. The van der Waals surface area contributed by atoms with Gasteiger partial charge in [-0.25, -0.2) is 14.2 Å². The highest BCUT2D eigenvalue weighted by Crippen LogP contribution is 2.21. The molecule has 2 rings (SSSR count). The molecule has 0 spiro atoms. The van der Waals surface area contributed by atoms with Gasteiger partial charge >= 0.3 is 6.09 Å². The van der Waals surface area contributed by atoms with E-state index in [2.05, 4.69) is 9.98 Å². The van der Waals surface area contributed by atoms with Crippen LogP contribution in [0.4, 0.5) is 9.18 Å². The fourth-order valence-electron chi connectivity index (χ4n) is 2.39. The van der Waals surface area contributed by atoms with Crippen molar-refractivity contribution in [3.05, 3.63) is 0 Å². The Labute approximate surface area is 141 Å². The van der Waals surface area contributed by atoms with Crippen molar-refractivity contribution in [2.75, 3.05) is 20.1 Å². The first kappa shape index (κ1) is 18.4. The Morgan fingerprint density at radius 2 is 1.92 bits per heavy atom. The number of carbonyl (C=O) groups is 2. The molecule has 1 saturated heterocycles. The van der Waals surface area contributed by atoms with Crippen LogP contribution in [0.2, 0.25) is 0 Å². The number of halogens is 1. The Hall–Kier alpha value is -1.99. The van der Waals surface area contributed by atoms with Gasteiger partial charge in [0, 0.05) is 20.1 Å². The highest BCUT2D eigenvalue weighted by molar-refractivity contribution is 6.18. The summed E-state index contributed by atoms with van der Waals surface area (Å²) in [6.07, 6.45) is -2.15. The molecule has 1 unspecified atom stereocenters. The average Bonchev–Trinajstić information content (AvgIpc) is 2.38. The molecule has 8 heteroatoms. The van der Waals surface area contributed by atoms with Gasteiger partial charge in [0.25, 0.3) is 5.91 Å². The first-order valence-electron chi connectivity index (χ1n) is 8.05. The monoisotopic (exact) mass is 340 g/mol. The quantitative estimate of drug-likeness (QED) is 0.769. The second-order valence-electron chi connectivity index (χ2n) is 7.45. The van der Waals surface area contributed by atoms with Crippen molar-refractivity contribution in [2.45, 2.75) is 52.4 Å². The molecule has 0 aromatic heterocycles. The zero-order valence-electron chi connectivity index (χ0n) is 15.0. The summed E-state index contributed by atoms with van der Waals surface area (Å²) >= 11 is 0. The number of rotatable bonds is 2. The number of hydrogen-bond donors (Lipinski definition) is 0. The number of carbonyl (C=O) groups excluding carboxylic acids is 2. The van der Waals surface area contributed by atoms with E-state index in [-0.39, 0.29) is 23.6 Å². The van der Waals surface area contributed by atoms with E-state index in [9.17, 15) is 14.0 Å². The lowest BCUT2D eigenvalue weighted by Gasteiger charge is -2.44. The van der Waals surface area contributed by atoms with Gasteiger partial charge in [-0.3, -0.25) is 4.79 Å². The maximum atomic E-state index is 13.8. The summed E-state index contributed by atoms with van der Waals surface area (Å²) in [5.74, 6) is -0.755. The van der Waals surface area contributed by atoms with Crippen LogP contribution < -0.4 is 0 Å². The van der Waals surface area contributed by atoms with Crippen LogP contribution in [0.25, 0.3) is 0 Å². The van der Waals surface area contributed by atoms with E-state index in [4.69, 9.17) is 4.74 Å². The van der Waals surface area contributed by atoms with Crippen LogP contribution in [-0.4, -0.2) is 71.4 Å². The normalized spacial score (nSPS) is 22.1. The Morgan fingerprint density at radius 1 is 1.33 bits per heavy atom. The van der Waals surface area contributed by atoms with E-state index < -0.39 is 23.8 Å². The fourth-order valence-corrected chi connectivity index (χ4v) is 2.39. The van der Waals surface area contributed by atoms with Crippen molar-refractivity contribution in [2.24, 2.45) is 15.9 Å². The van der Waals surface area contributed by atoms with Gasteiger partial charge < -0.3 is 14.5 Å². The molecule has 1 atom stereocenters. The van der Waals surface area contributed by atoms with Crippen LogP contribution in [0.5, 0.6) is 0 Å². The smallest absolute Gasteiger partial charge is 0.410 e. The number of ether oxygens (including phenoxy) is 1. The van der Waals surface area contributed by atoms with Gasteiger partial charge in [0.1, 0.15) is 5.60 Å². The predicted octanol–water partition coefficient (Wildman–Crippen LogP) is 1.87. The third kappa shape index (κ3) is 3.91. The van der Waals surface area contributed by atoms with E-state index in [0.717, 1.165) is 0 Å². The molecule has 0 aliphatic carbocycles. The molecule has 24 heavy (non-hydrogen) atoms. The maximum Gasteiger partial charge on any atom is 0.410 e. The van der Waals surface area contributed by atoms with Crippen LogP contribution >= 0.6 is 0 Å². The number of likely N-dealkylation sites (tertiary alicyclic amines) is 1. The summed E-state index contributed by atoms with van der Waals surface area (Å²) in [4.78, 5) is 34.9. The van der Waals surface area contributed by atoms with Crippen molar-refractivity contribution >= 4 is 23.7 Å². The van der Waals surface area contributed by atoms with Crippen molar-refractivity contribution in [1.29, 1.82) is 0 Å². The van der Waals surface area contributed by atoms with Crippen LogP contribution in [0.1, 0.15) is 34.6 Å². The van der Waals surface area contributed by atoms with Gasteiger partial charge in [-0.15, -0.1) is 0 Å². The van der Waals surface area contributed by atoms with Crippen molar-refractivity contribution in [3.63, 3.8) is 0 Å². The molecule has 0 aromatic rings. The zero-order chi connectivity index (χ0) is 18.2. The summed E-state index contributed by atoms with van der Waals surface area (Å²) in [7, 11) is 1.67. The summed E-state index contributed by atoms with van der Waals surface area (Å²) < 4.78 is 19.2. The molecule has 2 aliphatic heterocycles. The standard InChI is InChI=1S/C16H25FN4O3/c1-9(2)12-11(17)13(22)19-14(18-12)21-7-10(8-21)20(6)15(23)24-16(3,4)5/h9-11H,7-8H2,1-6H3. The molecule has 7 nitrogen and oxygen atoms in total. The highest BCUT2D eigenvalue weighted by atomic mass is 19.1. The van der Waals surface area contributed by atoms with E-state index in [1.54, 1.807) is 25.8 Å². The molecule has 0 saturated carbocycles. The molecule has 2 aliphatic rings. The third-order valence-corrected chi connectivity index (χ3v) is 3.88. The minimum absolute atomic E-state index is 0.0570. The summed E-state index contributed by atoms with van der Waals surface area (Å²) in [6.45, 7) is 9.96. The van der Waals surface area contributed by atoms with Gasteiger partial charge in [0.05, 0.1) is 11.8 Å². The number of aliphatic imine (C=N–C) groups is 2. The number of nitrogens with zero attached hydrogens (tertiary/aromatic N) is 4. The molecule has 0 bridgehead atoms. The largest absolute Gasteiger partial charge is 0.444 e. The molecule has 2 amide bonds. The van der Waals surface area contributed by atoms with Gasteiger partial charge in [-0.05, 0) is 26.7 Å². The Balaban J connectivity index is 1.98. The number of likely N-dealkylation sites (N-methyl/N-ethyl adjacent to an activating group) is 1. The van der Waals surface area contributed by atoms with Crippen molar-refractivity contribution in [1.82, 2.24) is 9.80 Å². The highest BCUT2D eigenvalue weighted by Gasteiger charge is 2.39. The summed E-state index contributed by atoms with van der Waals surface area (Å²) in [5.41, 5.74) is -0.352. The molecular weight excluding hydrogens is 315 g/mol. The molecule has 1 fully saturated rings. The number of guanidine groups is 1. The van der Waals surface area contributed by atoms with Gasteiger partial charge in [0.2, 0.25) is 12.1 Å². The lowest BCUT2D eigenvalue weighted by Crippen LogP contribution is -2.62. The minimum Gasteiger partial charge on any atom is -0.444 e. The number of alkyl halides is 1. The zero-order valence-corrected chi connectivity index (χ0v) is 15.0. The Bertz CT molecular complexity index is 589. The SMILES string of the molecule is CC(C)C1=NC(N2CC(N(C)C(=O)OC(C)(C)C)C2)=NC(=O)C1F. The molecule has 0 radical (unpaired) electrons. The van der Waals surface area contributed by atoms with Crippen LogP contribution in [0, 0.1) is 5.92 Å². The molecule has 0 N–H and O–H groups in total. The van der Waals surface area contributed by atoms with Crippen LogP contribution in [0.3, 0.4) is 0 Å². The van der Waals surface area contributed by atoms with Crippen molar-refractivity contribution in [3.8, 4) is 0 Å². The topological polar surface area (TPSA) is 74.6 Å².